The molecule has 0 fully saturated rings. The summed E-state index contributed by atoms with van der Waals surface area (Å²) in [6.45, 7) is 1.89. The number of pyridine rings is 1. The number of carbonyl (C=O) groups is 1. The molecule has 0 aliphatic carbocycles. The van der Waals surface area contributed by atoms with Crippen LogP contribution in [0.3, 0.4) is 0 Å². The normalized spacial score (nSPS) is 16.6. The van der Waals surface area contributed by atoms with Crippen LogP contribution in [0, 0.1) is 11.6 Å². The Balaban J connectivity index is 2.47. The molecular formula is C13H9F2NO5. The van der Waals surface area contributed by atoms with Crippen LogP contribution in [0.5, 0.6) is 11.5 Å². The Kier molecular flexibility index (Phi) is 2.82. The fraction of sp³-hybridized carbons (Fsp3) is 0.231. The van der Waals surface area contributed by atoms with Gasteiger partial charge in [-0.1, -0.05) is 0 Å². The van der Waals surface area contributed by atoms with E-state index in [1.165, 1.54) is 4.57 Å². The van der Waals surface area contributed by atoms with Crippen LogP contribution in [0.25, 0.3) is 10.9 Å². The molecule has 110 valence electrons. The average Bonchev–Trinajstić information content (AvgIpc) is 2.41. The number of aromatic nitrogens is 1. The van der Waals surface area contributed by atoms with E-state index in [2.05, 4.69) is 4.74 Å². The van der Waals surface area contributed by atoms with Crippen LogP contribution in [-0.4, -0.2) is 22.4 Å². The number of hydrogen-bond acceptors (Lipinski definition) is 4. The standard InChI is InChI=1S/C13H9F2NO5/c1-5-4-20-7-2-6(14)10(15)9-11(7)16(5)3-8(12(9)17)21-13(18)19/h2-3,5H,4H2,1H3,(H,18,19). The molecule has 1 aliphatic rings. The van der Waals surface area contributed by atoms with Gasteiger partial charge in [0.2, 0.25) is 5.43 Å². The van der Waals surface area contributed by atoms with Crippen LogP contribution in [0.2, 0.25) is 0 Å². The number of rotatable bonds is 1. The molecule has 1 unspecified atom stereocenters. The van der Waals surface area contributed by atoms with Crippen molar-refractivity contribution in [1.82, 2.24) is 4.57 Å². The van der Waals surface area contributed by atoms with Crippen LogP contribution < -0.4 is 14.9 Å². The van der Waals surface area contributed by atoms with Gasteiger partial charge in [0, 0.05) is 6.07 Å². The first-order chi connectivity index (χ1) is 9.90. The summed E-state index contributed by atoms with van der Waals surface area (Å²) in [7, 11) is 0. The lowest BCUT2D eigenvalue weighted by molar-refractivity contribution is 0.143. The van der Waals surface area contributed by atoms with Gasteiger partial charge in [-0.25, -0.2) is 13.6 Å². The smallest absolute Gasteiger partial charge is 0.489 e. The molecule has 2 aromatic rings. The number of ether oxygens (including phenoxy) is 2. The summed E-state index contributed by atoms with van der Waals surface area (Å²) in [5.41, 5.74) is -0.963. The van der Waals surface area contributed by atoms with Crippen molar-refractivity contribution in [2.24, 2.45) is 0 Å². The third-order valence-electron chi connectivity index (χ3n) is 3.27. The summed E-state index contributed by atoms with van der Waals surface area (Å²) in [6, 6.07) is 0.554. The topological polar surface area (TPSA) is 77.8 Å². The number of carboxylic acid groups (broad SMARTS) is 1. The van der Waals surface area contributed by atoms with E-state index in [4.69, 9.17) is 9.84 Å². The highest BCUT2D eigenvalue weighted by Gasteiger charge is 2.27. The lowest BCUT2D eigenvalue weighted by atomic mass is 10.1. The Bertz CT molecular complexity index is 830. The minimum absolute atomic E-state index is 0.0287. The van der Waals surface area contributed by atoms with Crippen molar-refractivity contribution in [3.8, 4) is 11.5 Å². The summed E-state index contributed by atoms with van der Waals surface area (Å²) < 4.78 is 38.6. The Hall–Kier alpha value is -2.64. The van der Waals surface area contributed by atoms with Crippen molar-refractivity contribution in [2.75, 3.05) is 6.61 Å². The molecule has 0 saturated carbocycles. The van der Waals surface area contributed by atoms with E-state index in [0.29, 0.717) is 0 Å². The minimum atomic E-state index is -1.71. The van der Waals surface area contributed by atoms with Crippen LogP contribution in [0.4, 0.5) is 13.6 Å². The van der Waals surface area contributed by atoms with Crippen molar-refractivity contribution in [2.45, 2.75) is 13.0 Å². The van der Waals surface area contributed by atoms with Crippen LogP contribution in [0.15, 0.2) is 17.1 Å². The van der Waals surface area contributed by atoms with Crippen molar-refractivity contribution >= 4 is 17.1 Å². The first-order valence-electron chi connectivity index (χ1n) is 6.00. The molecule has 6 nitrogen and oxygen atoms in total. The molecule has 21 heavy (non-hydrogen) atoms. The van der Waals surface area contributed by atoms with Gasteiger partial charge in [0.15, 0.2) is 17.4 Å². The zero-order chi connectivity index (χ0) is 15.3. The van der Waals surface area contributed by atoms with E-state index in [0.717, 1.165) is 12.3 Å². The molecule has 0 radical (unpaired) electrons. The van der Waals surface area contributed by atoms with E-state index in [-0.39, 0.29) is 23.9 Å². The van der Waals surface area contributed by atoms with Gasteiger partial charge < -0.3 is 19.1 Å². The number of nitrogens with zero attached hydrogens (tertiary/aromatic N) is 1. The molecular weight excluding hydrogens is 288 g/mol. The van der Waals surface area contributed by atoms with Crippen LogP contribution in [0.1, 0.15) is 13.0 Å². The van der Waals surface area contributed by atoms with Gasteiger partial charge >= 0.3 is 6.16 Å². The highest BCUT2D eigenvalue weighted by Crippen LogP contribution is 2.35. The highest BCUT2D eigenvalue weighted by atomic mass is 19.2. The van der Waals surface area contributed by atoms with E-state index < -0.39 is 34.4 Å². The van der Waals surface area contributed by atoms with Gasteiger partial charge in [0.05, 0.1) is 23.1 Å². The molecule has 0 spiro atoms. The van der Waals surface area contributed by atoms with Gasteiger partial charge in [-0.15, -0.1) is 0 Å². The van der Waals surface area contributed by atoms with Crippen molar-refractivity contribution in [1.29, 1.82) is 0 Å². The molecule has 0 saturated heterocycles. The zero-order valence-electron chi connectivity index (χ0n) is 10.7. The third-order valence-corrected chi connectivity index (χ3v) is 3.27. The lowest BCUT2D eigenvalue weighted by Gasteiger charge is -2.26. The quantitative estimate of drug-likeness (QED) is 0.817. The molecule has 1 aromatic carbocycles. The van der Waals surface area contributed by atoms with E-state index in [1.54, 1.807) is 6.92 Å². The SMILES string of the molecule is CC1COc2cc(F)c(F)c3c(=O)c(OC(=O)O)cn1c23. The molecule has 0 bridgehead atoms. The van der Waals surface area contributed by atoms with E-state index >= 15 is 0 Å². The summed E-state index contributed by atoms with van der Waals surface area (Å²) in [5.74, 6) is -3.16. The Morgan fingerprint density at radius 3 is 2.90 bits per heavy atom. The molecule has 1 aliphatic heterocycles. The molecule has 2 heterocycles. The molecule has 1 aromatic heterocycles. The second kappa shape index (κ2) is 4.44. The first-order valence-corrected chi connectivity index (χ1v) is 6.00. The van der Waals surface area contributed by atoms with Gasteiger partial charge in [0.1, 0.15) is 12.4 Å². The van der Waals surface area contributed by atoms with Gasteiger partial charge in [-0.3, -0.25) is 4.79 Å². The maximum atomic E-state index is 14.0. The van der Waals surface area contributed by atoms with Crippen LogP contribution >= 0.6 is 0 Å². The van der Waals surface area contributed by atoms with Crippen molar-refractivity contribution in [3.63, 3.8) is 0 Å². The van der Waals surface area contributed by atoms with Crippen LogP contribution in [-0.2, 0) is 0 Å². The fourth-order valence-electron chi connectivity index (χ4n) is 2.34. The summed E-state index contributed by atoms with van der Waals surface area (Å²) >= 11 is 0. The highest BCUT2D eigenvalue weighted by molar-refractivity contribution is 5.87. The number of benzene rings is 1. The fourth-order valence-corrected chi connectivity index (χ4v) is 2.34. The first kappa shape index (κ1) is 13.3. The van der Waals surface area contributed by atoms with E-state index in [1.807, 2.05) is 0 Å². The summed E-state index contributed by atoms with van der Waals surface area (Å²) in [4.78, 5) is 22.7. The molecule has 8 heteroatoms. The molecule has 1 N–H and O–H groups in total. The van der Waals surface area contributed by atoms with Crippen molar-refractivity contribution in [3.05, 3.63) is 34.1 Å². The predicted molar refractivity (Wildman–Crippen MR) is 67.0 cm³/mol. The maximum Gasteiger partial charge on any atom is 0.511 e. The lowest BCUT2D eigenvalue weighted by Crippen LogP contribution is -2.25. The molecule has 1 atom stereocenters. The average molecular weight is 297 g/mol. The zero-order valence-corrected chi connectivity index (χ0v) is 10.7. The monoisotopic (exact) mass is 297 g/mol. The third kappa shape index (κ3) is 1.91. The van der Waals surface area contributed by atoms with E-state index in [9.17, 15) is 18.4 Å². The number of halogens is 2. The predicted octanol–water partition coefficient (Wildman–Crippen LogP) is 2.29. The largest absolute Gasteiger partial charge is 0.511 e. The van der Waals surface area contributed by atoms with Gasteiger partial charge in [-0.2, -0.15) is 0 Å². The second-order valence-corrected chi connectivity index (χ2v) is 4.65. The molecule has 3 rings (SSSR count). The maximum absolute atomic E-state index is 14.0. The Labute approximate surface area is 116 Å². The Morgan fingerprint density at radius 2 is 2.24 bits per heavy atom. The van der Waals surface area contributed by atoms with Gasteiger partial charge in [-0.05, 0) is 6.92 Å². The summed E-state index contributed by atoms with van der Waals surface area (Å²) in [5, 5.41) is 8.03. The molecule has 0 amide bonds. The second-order valence-electron chi connectivity index (χ2n) is 4.65. The van der Waals surface area contributed by atoms with Gasteiger partial charge in [0.25, 0.3) is 0 Å². The minimum Gasteiger partial charge on any atom is -0.489 e. The number of hydrogen-bond donors (Lipinski definition) is 1. The van der Waals surface area contributed by atoms with Crippen molar-refractivity contribution < 1.29 is 28.2 Å². The summed E-state index contributed by atoms with van der Waals surface area (Å²) in [6.07, 6.45) is -0.552. The Morgan fingerprint density at radius 1 is 1.52 bits per heavy atom.